The lowest BCUT2D eigenvalue weighted by molar-refractivity contribution is -0.137. The lowest BCUT2D eigenvalue weighted by Crippen LogP contribution is -2.43. The van der Waals surface area contributed by atoms with Crippen molar-refractivity contribution < 1.29 is 18.0 Å². The molecule has 2 rings (SSSR count). The summed E-state index contributed by atoms with van der Waals surface area (Å²) in [7, 11) is 0. The lowest BCUT2D eigenvalue weighted by Gasteiger charge is -2.11. The summed E-state index contributed by atoms with van der Waals surface area (Å²) in [4.78, 5) is 36.3. The quantitative estimate of drug-likeness (QED) is 0.888. The highest BCUT2D eigenvalue weighted by atomic mass is 19.4. The molecule has 0 saturated carbocycles. The van der Waals surface area contributed by atoms with Crippen LogP contribution < -0.4 is 16.6 Å². The zero-order chi connectivity index (χ0) is 19.5. The number of rotatable bonds is 4. The summed E-state index contributed by atoms with van der Waals surface area (Å²) >= 11 is 0. The van der Waals surface area contributed by atoms with Crippen molar-refractivity contribution >= 4 is 11.6 Å². The molecule has 7 nitrogen and oxygen atoms in total. The number of aryl methyl sites for hydroxylation is 1. The van der Waals surface area contributed by atoms with E-state index in [4.69, 9.17) is 5.26 Å². The van der Waals surface area contributed by atoms with E-state index in [1.807, 2.05) is 0 Å². The molecule has 1 N–H and O–H groups in total. The number of nitrogens with one attached hydrogen (secondary N) is 1. The van der Waals surface area contributed by atoms with Gasteiger partial charge in [0, 0.05) is 18.4 Å². The van der Waals surface area contributed by atoms with Gasteiger partial charge in [-0.3, -0.25) is 14.2 Å². The summed E-state index contributed by atoms with van der Waals surface area (Å²) in [5.41, 5.74) is -3.15. The van der Waals surface area contributed by atoms with Crippen molar-refractivity contribution in [3.8, 4) is 6.07 Å². The normalized spacial score (nSPS) is 11.0. The number of carbonyl (C=O) groups is 1. The Morgan fingerprint density at radius 3 is 2.58 bits per heavy atom. The molecule has 0 fully saturated rings. The molecule has 0 saturated heterocycles. The van der Waals surface area contributed by atoms with Gasteiger partial charge in [-0.2, -0.15) is 18.4 Å². The first-order valence-electron chi connectivity index (χ1n) is 7.39. The highest BCUT2D eigenvalue weighted by molar-refractivity contribution is 5.90. The Labute approximate surface area is 144 Å². The minimum Gasteiger partial charge on any atom is -0.325 e. The van der Waals surface area contributed by atoms with Crippen molar-refractivity contribution in [2.24, 2.45) is 0 Å². The summed E-state index contributed by atoms with van der Waals surface area (Å²) < 4.78 is 39.7. The van der Waals surface area contributed by atoms with Crippen LogP contribution in [0, 0.1) is 11.3 Å². The first-order valence-corrected chi connectivity index (χ1v) is 7.39. The highest BCUT2D eigenvalue weighted by Crippen LogP contribution is 2.30. The molecule has 0 bridgehead atoms. The molecule has 10 heteroatoms. The Kier molecular flexibility index (Phi) is 5.30. The molecule has 1 aromatic carbocycles. The fourth-order valence-corrected chi connectivity index (χ4v) is 2.21. The summed E-state index contributed by atoms with van der Waals surface area (Å²) in [5.74, 6) is -0.874. The van der Waals surface area contributed by atoms with Crippen molar-refractivity contribution in [1.82, 2.24) is 9.13 Å². The van der Waals surface area contributed by atoms with Crippen molar-refractivity contribution in [3.63, 3.8) is 0 Å². The molecule has 1 amide bonds. The third-order valence-electron chi connectivity index (χ3n) is 3.47. The molecule has 0 aliphatic rings. The van der Waals surface area contributed by atoms with Gasteiger partial charge in [-0.15, -0.1) is 0 Å². The molecule has 0 atom stereocenters. The van der Waals surface area contributed by atoms with E-state index in [9.17, 15) is 27.6 Å². The van der Waals surface area contributed by atoms with Crippen molar-refractivity contribution in [1.29, 1.82) is 5.26 Å². The minimum atomic E-state index is -4.58. The molecular formula is C16H13F3N4O3. The summed E-state index contributed by atoms with van der Waals surface area (Å²) in [5, 5.41) is 11.1. The van der Waals surface area contributed by atoms with E-state index in [0.29, 0.717) is 4.57 Å². The number of alkyl halides is 3. The van der Waals surface area contributed by atoms with E-state index in [2.05, 4.69) is 5.32 Å². The number of benzene rings is 1. The maximum Gasteiger partial charge on any atom is 0.416 e. The number of nitriles is 1. The molecule has 0 aliphatic heterocycles. The molecule has 26 heavy (non-hydrogen) atoms. The Bertz CT molecular complexity index is 1000. The van der Waals surface area contributed by atoms with E-state index in [1.54, 1.807) is 13.0 Å². The molecule has 0 unspecified atom stereocenters. The van der Waals surface area contributed by atoms with Crippen molar-refractivity contribution in [3.05, 3.63) is 62.4 Å². The highest BCUT2D eigenvalue weighted by Gasteiger charge is 2.30. The second-order valence-corrected chi connectivity index (χ2v) is 5.24. The molecule has 0 spiro atoms. The monoisotopic (exact) mass is 366 g/mol. The van der Waals surface area contributed by atoms with E-state index in [1.165, 1.54) is 6.07 Å². The van der Waals surface area contributed by atoms with Crippen LogP contribution in [0.1, 0.15) is 18.1 Å². The fraction of sp³-hybridized carbons (Fsp3) is 0.250. The van der Waals surface area contributed by atoms with Crippen LogP contribution in [0.25, 0.3) is 0 Å². The summed E-state index contributed by atoms with van der Waals surface area (Å²) in [6, 6.07) is 5.57. The van der Waals surface area contributed by atoms with Crippen molar-refractivity contribution in [2.45, 2.75) is 26.2 Å². The van der Waals surface area contributed by atoms with Gasteiger partial charge < -0.3 is 5.32 Å². The van der Waals surface area contributed by atoms with Gasteiger partial charge in [0.1, 0.15) is 18.2 Å². The first kappa shape index (κ1) is 19.0. The van der Waals surface area contributed by atoms with Gasteiger partial charge in [-0.25, -0.2) is 9.36 Å². The number of hydrogen-bond donors (Lipinski definition) is 1. The van der Waals surface area contributed by atoms with E-state index in [0.717, 1.165) is 29.0 Å². The molecule has 2 aromatic rings. The fourth-order valence-electron chi connectivity index (χ4n) is 2.21. The number of anilines is 1. The first-order chi connectivity index (χ1) is 12.2. The third-order valence-corrected chi connectivity index (χ3v) is 3.47. The van der Waals surface area contributed by atoms with Gasteiger partial charge in [0.05, 0.1) is 5.56 Å². The second-order valence-electron chi connectivity index (χ2n) is 5.24. The number of carbonyl (C=O) groups excluding carboxylic acids is 1. The number of nitrogens with zero attached hydrogens (tertiary/aromatic N) is 3. The number of halogens is 3. The van der Waals surface area contributed by atoms with Crippen LogP contribution in [0.15, 0.2) is 40.1 Å². The molecule has 1 aromatic heterocycles. The molecule has 1 heterocycles. The Balaban J connectivity index is 2.31. The maximum atomic E-state index is 12.7. The van der Waals surface area contributed by atoms with Crippen LogP contribution in [-0.4, -0.2) is 15.0 Å². The van der Waals surface area contributed by atoms with Gasteiger partial charge in [-0.1, -0.05) is 6.07 Å². The number of aromatic nitrogens is 2. The summed E-state index contributed by atoms with van der Waals surface area (Å²) in [6.07, 6.45) is -3.49. The predicted octanol–water partition coefficient (Wildman–Crippen LogP) is 1.56. The Morgan fingerprint density at radius 1 is 1.31 bits per heavy atom. The lowest BCUT2D eigenvalue weighted by atomic mass is 10.2. The smallest absolute Gasteiger partial charge is 0.325 e. The summed E-state index contributed by atoms with van der Waals surface area (Å²) in [6.45, 7) is 1.05. The Hall–Kier alpha value is -3.35. The Morgan fingerprint density at radius 2 is 2.00 bits per heavy atom. The van der Waals surface area contributed by atoms with Crippen LogP contribution in [0.3, 0.4) is 0 Å². The molecule has 0 radical (unpaired) electrons. The van der Waals surface area contributed by atoms with Gasteiger partial charge >= 0.3 is 11.9 Å². The standard InChI is InChI=1S/C16H13F3N4O3/c1-2-22-8-10(7-20)14(25)23(15(22)26)9-13(24)21-12-5-3-4-11(6-12)16(17,18)19/h3-6,8H,2,9H2,1H3,(H,21,24). The second kappa shape index (κ2) is 7.26. The van der Waals surface area contributed by atoms with Crippen LogP contribution in [-0.2, 0) is 24.1 Å². The largest absolute Gasteiger partial charge is 0.416 e. The van der Waals surface area contributed by atoms with Crippen molar-refractivity contribution in [2.75, 3.05) is 5.32 Å². The maximum absolute atomic E-state index is 12.7. The minimum absolute atomic E-state index is 0.134. The number of hydrogen-bond acceptors (Lipinski definition) is 4. The van der Waals surface area contributed by atoms with E-state index in [-0.39, 0.29) is 17.8 Å². The van der Waals surface area contributed by atoms with Crippen LogP contribution in [0.4, 0.5) is 18.9 Å². The predicted molar refractivity (Wildman–Crippen MR) is 85.4 cm³/mol. The van der Waals surface area contributed by atoms with Gasteiger partial charge in [0.2, 0.25) is 5.91 Å². The SMILES string of the molecule is CCn1cc(C#N)c(=O)n(CC(=O)Nc2cccc(C(F)(F)F)c2)c1=O. The molecule has 136 valence electrons. The third kappa shape index (κ3) is 4.00. The zero-order valence-corrected chi connectivity index (χ0v) is 13.5. The van der Waals surface area contributed by atoms with Gasteiger partial charge in [-0.05, 0) is 25.1 Å². The van der Waals surface area contributed by atoms with Crippen LogP contribution in [0.2, 0.25) is 0 Å². The van der Waals surface area contributed by atoms with Gasteiger partial charge in [0.15, 0.2) is 0 Å². The van der Waals surface area contributed by atoms with Crippen LogP contribution >= 0.6 is 0 Å². The zero-order valence-electron chi connectivity index (χ0n) is 13.5. The van der Waals surface area contributed by atoms with Crippen LogP contribution in [0.5, 0.6) is 0 Å². The average Bonchev–Trinajstić information content (AvgIpc) is 2.58. The van der Waals surface area contributed by atoms with E-state index >= 15 is 0 Å². The topological polar surface area (TPSA) is 96.9 Å². The van der Waals surface area contributed by atoms with E-state index < -0.39 is 35.4 Å². The molecule has 0 aliphatic carbocycles. The molecular weight excluding hydrogens is 353 g/mol. The number of amides is 1. The average molecular weight is 366 g/mol. The van der Waals surface area contributed by atoms with Gasteiger partial charge in [0.25, 0.3) is 5.56 Å².